The standard InChI is InChI=1S/C12H16O3S/c1-3-14-10(2)15-9-12(13)16-11-7-5-4-6-8-11/h4-8,10H,3,9H2,1-2H3. The summed E-state index contributed by atoms with van der Waals surface area (Å²) in [5.41, 5.74) is 0. The van der Waals surface area contributed by atoms with Crippen LogP contribution < -0.4 is 0 Å². The predicted octanol–water partition coefficient (Wildman–Crippen LogP) is 2.70. The smallest absolute Gasteiger partial charge is 0.219 e. The van der Waals surface area contributed by atoms with Crippen LogP contribution >= 0.6 is 11.8 Å². The summed E-state index contributed by atoms with van der Waals surface area (Å²) in [4.78, 5) is 12.4. The fourth-order valence-corrected chi connectivity index (χ4v) is 1.80. The minimum atomic E-state index is -0.328. The van der Waals surface area contributed by atoms with E-state index in [9.17, 15) is 4.79 Å². The number of rotatable bonds is 6. The fraction of sp³-hybridized carbons (Fsp3) is 0.417. The topological polar surface area (TPSA) is 35.5 Å². The third kappa shape index (κ3) is 5.30. The van der Waals surface area contributed by atoms with Gasteiger partial charge in [-0.05, 0) is 37.7 Å². The molecular weight excluding hydrogens is 224 g/mol. The van der Waals surface area contributed by atoms with Crippen LogP contribution in [-0.4, -0.2) is 24.6 Å². The van der Waals surface area contributed by atoms with E-state index in [-0.39, 0.29) is 18.0 Å². The molecule has 0 aliphatic rings. The number of thioether (sulfide) groups is 1. The van der Waals surface area contributed by atoms with E-state index in [0.717, 1.165) is 4.90 Å². The van der Waals surface area contributed by atoms with Gasteiger partial charge in [0.15, 0.2) is 6.29 Å². The van der Waals surface area contributed by atoms with Gasteiger partial charge in [-0.3, -0.25) is 4.79 Å². The van der Waals surface area contributed by atoms with Crippen molar-refractivity contribution in [3.05, 3.63) is 30.3 Å². The van der Waals surface area contributed by atoms with Gasteiger partial charge in [0.25, 0.3) is 0 Å². The maximum Gasteiger partial charge on any atom is 0.219 e. The molecule has 0 amide bonds. The van der Waals surface area contributed by atoms with Gasteiger partial charge in [-0.2, -0.15) is 0 Å². The van der Waals surface area contributed by atoms with Crippen molar-refractivity contribution in [2.24, 2.45) is 0 Å². The molecule has 1 unspecified atom stereocenters. The Morgan fingerprint density at radius 3 is 2.62 bits per heavy atom. The highest BCUT2D eigenvalue weighted by Crippen LogP contribution is 2.18. The van der Waals surface area contributed by atoms with Crippen LogP contribution in [-0.2, 0) is 14.3 Å². The minimum Gasteiger partial charge on any atom is -0.353 e. The van der Waals surface area contributed by atoms with Crippen molar-refractivity contribution < 1.29 is 14.3 Å². The van der Waals surface area contributed by atoms with E-state index in [4.69, 9.17) is 9.47 Å². The highest BCUT2D eigenvalue weighted by Gasteiger charge is 2.07. The Labute approximate surface area is 100 Å². The second-order valence-electron chi connectivity index (χ2n) is 3.12. The van der Waals surface area contributed by atoms with Crippen LogP contribution in [0.15, 0.2) is 35.2 Å². The molecule has 1 aromatic carbocycles. The molecule has 0 aromatic heterocycles. The third-order valence-electron chi connectivity index (χ3n) is 1.81. The molecule has 1 rings (SSSR count). The van der Waals surface area contributed by atoms with Crippen LogP contribution in [0.3, 0.4) is 0 Å². The summed E-state index contributed by atoms with van der Waals surface area (Å²) in [6.07, 6.45) is -0.328. The summed E-state index contributed by atoms with van der Waals surface area (Å²) in [6, 6.07) is 9.52. The summed E-state index contributed by atoms with van der Waals surface area (Å²) in [5, 5.41) is -0.0160. The summed E-state index contributed by atoms with van der Waals surface area (Å²) < 4.78 is 10.4. The van der Waals surface area contributed by atoms with E-state index in [1.165, 1.54) is 11.8 Å². The lowest BCUT2D eigenvalue weighted by molar-refractivity contribution is -0.141. The van der Waals surface area contributed by atoms with E-state index in [1.807, 2.05) is 37.3 Å². The van der Waals surface area contributed by atoms with Gasteiger partial charge in [0, 0.05) is 11.5 Å². The lowest BCUT2D eigenvalue weighted by Crippen LogP contribution is -2.16. The van der Waals surface area contributed by atoms with Crippen molar-refractivity contribution in [3.8, 4) is 0 Å². The molecule has 0 N–H and O–H groups in total. The SMILES string of the molecule is CCOC(C)OCC(=O)Sc1ccccc1. The van der Waals surface area contributed by atoms with Gasteiger partial charge in [-0.1, -0.05) is 18.2 Å². The maximum absolute atomic E-state index is 11.5. The fourth-order valence-electron chi connectivity index (χ4n) is 1.12. The Balaban J connectivity index is 2.26. The Morgan fingerprint density at radius 1 is 1.31 bits per heavy atom. The van der Waals surface area contributed by atoms with Crippen molar-refractivity contribution in [2.75, 3.05) is 13.2 Å². The molecule has 0 heterocycles. The Kier molecular flexibility index (Phi) is 6.15. The zero-order valence-electron chi connectivity index (χ0n) is 9.51. The lowest BCUT2D eigenvalue weighted by Gasteiger charge is -2.11. The van der Waals surface area contributed by atoms with Gasteiger partial charge in [-0.25, -0.2) is 0 Å². The molecule has 0 aliphatic carbocycles. The molecule has 0 aliphatic heterocycles. The van der Waals surface area contributed by atoms with Gasteiger partial charge in [0.05, 0.1) is 0 Å². The van der Waals surface area contributed by atoms with E-state index in [1.54, 1.807) is 6.92 Å². The molecule has 1 aromatic rings. The zero-order chi connectivity index (χ0) is 11.8. The number of carbonyl (C=O) groups excluding carboxylic acids is 1. The number of ether oxygens (including phenoxy) is 2. The quantitative estimate of drug-likeness (QED) is 0.566. The Morgan fingerprint density at radius 2 is 2.00 bits per heavy atom. The average Bonchev–Trinajstić information content (AvgIpc) is 2.28. The first kappa shape index (κ1) is 13.2. The molecule has 0 radical (unpaired) electrons. The molecule has 1 atom stereocenters. The molecular formula is C12H16O3S. The number of carbonyl (C=O) groups is 1. The van der Waals surface area contributed by atoms with Gasteiger partial charge in [-0.15, -0.1) is 0 Å². The second kappa shape index (κ2) is 7.44. The number of hydrogen-bond acceptors (Lipinski definition) is 4. The summed E-state index contributed by atoms with van der Waals surface area (Å²) in [6.45, 7) is 4.33. The largest absolute Gasteiger partial charge is 0.353 e. The van der Waals surface area contributed by atoms with Crippen molar-refractivity contribution in [1.29, 1.82) is 0 Å². The molecule has 16 heavy (non-hydrogen) atoms. The van der Waals surface area contributed by atoms with E-state index in [2.05, 4.69) is 0 Å². The van der Waals surface area contributed by atoms with Crippen LogP contribution in [0.5, 0.6) is 0 Å². The first-order chi connectivity index (χ1) is 7.72. The molecule has 0 saturated carbocycles. The zero-order valence-corrected chi connectivity index (χ0v) is 10.3. The van der Waals surface area contributed by atoms with Gasteiger partial charge < -0.3 is 9.47 Å². The minimum absolute atomic E-state index is 0.0160. The van der Waals surface area contributed by atoms with E-state index >= 15 is 0 Å². The number of benzene rings is 1. The van der Waals surface area contributed by atoms with Crippen LogP contribution in [0.2, 0.25) is 0 Å². The van der Waals surface area contributed by atoms with Crippen LogP contribution in [0.1, 0.15) is 13.8 Å². The lowest BCUT2D eigenvalue weighted by atomic mass is 10.4. The predicted molar refractivity (Wildman–Crippen MR) is 64.3 cm³/mol. The molecule has 0 saturated heterocycles. The van der Waals surface area contributed by atoms with Crippen LogP contribution in [0, 0.1) is 0 Å². The summed E-state index contributed by atoms with van der Waals surface area (Å²) >= 11 is 1.18. The molecule has 0 fully saturated rings. The van der Waals surface area contributed by atoms with Gasteiger partial charge >= 0.3 is 0 Å². The molecule has 4 heteroatoms. The van der Waals surface area contributed by atoms with Crippen molar-refractivity contribution >= 4 is 16.9 Å². The first-order valence-corrected chi connectivity index (χ1v) is 6.03. The normalized spacial score (nSPS) is 12.4. The van der Waals surface area contributed by atoms with Crippen molar-refractivity contribution in [2.45, 2.75) is 25.0 Å². The van der Waals surface area contributed by atoms with E-state index in [0.29, 0.717) is 6.61 Å². The molecule has 0 spiro atoms. The summed E-state index contributed by atoms with van der Waals surface area (Å²) in [5.74, 6) is 0. The van der Waals surface area contributed by atoms with Gasteiger partial charge in [0.1, 0.15) is 6.61 Å². The van der Waals surface area contributed by atoms with Crippen molar-refractivity contribution in [3.63, 3.8) is 0 Å². The third-order valence-corrected chi connectivity index (χ3v) is 2.67. The monoisotopic (exact) mass is 240 g/mol. The maximum atomic E-state index is 11.5. The first-order valence-electron chi connectivity index (χ1n) is 5.21. The van der Waals surface area contributed by atoms with Crippen LogP contribution in [0.25, 0.3) is 0 Å². The highest BCUT2D eigenvalue weighted by atomic mass is 32.2. The van der Waals surface area contributed by atoms with Gasteiger partial charge in [0.2, 0.25) is 5.12 Å². The van der Waals surface area contributed by atoms with Crippen molar-refractivity contribution in [1.82, 2.24) is 0 Å². The molecule has 0 bridgehead atoms. The molecule has 3 nitrogen and oxygen atoms in total. The highest BCUT2D eigenvalue weighted by molar-refractivity contribution is 8.13. The summed E-state index contributed by atoms with van der Waals surface area (Å²) in [7, 11) is 0. The Bertz CT molecular complexity index is 313. The van der Waals surface area contributed by atoms with E-state index < -0.39 is 0 Å². The number of hydrogen-bond donors (Lipinski definition) is 0. The average molecular weight is 240 g/mol. The van der Waals surface area contributed by atoms with Crippen LogP contribution in [0.4, 0.5) is 0 Å². The second-order valence-corrected chi connectivity index (χ2v) is 4.25. The Hall–Kier alpha value is -0.840. The molecule has 88 valence electrons.